The van der Waals surface area contributed by atoms with Gasteiger partial charge in [-0.2, -0.15) is 5.26 Å². The topological polar surface area (TPSA) is 63.0 Å². The third-order valence-electron chi connectivity index (χ3n) is 2.12. The standard InChI is InChI=1S/C11H9ClF2N2O2/c1-2-18-8(17)3-6-5-16-10(12)9(11(13)14)7(6)4-15/h5,11H,2-3H2,1H3. The second-order valence-electron chi connectivity index (χ2n) is 3.26. The van der Waals surface area contributed by atoms with E-state index in [-0.39, 0.29) is 24.2 Å². The molecule has 0 saturated heterocycles. The molecule has 1 rings (SSSR count). The number of esters is 1. The lowest BCUT2D eigenvalue weighted by molar-refractivity contribution is -0.142. The number of hydrogen-bond donors (Lipinski definition) is 0. The summed E-state index contributed by atoms with van der Waals surface area (Å²) in [6.07, 6.45) is -2.09. The summed E-state index contributed by atoms with van der Waals surface area (Å²) in [7, 11) is 0. The van der Waals surface area contributed by atoms with Crippen LogP contribution in [0.5, 0.6) is 0 Å². The first-order valence-corrected chi connectivity index (χ1v) is 5.40. The third-order valence-corrected chi connectivity index (χ3v) is 2.42. The van der Waals surface area contributed by atoms with Crippen LogP contribution < -0.4 is 0 Å². The number of hydrogen-bond acceptors (Lipinski definition) is 4. The van der Waals surface area contributed by atoms with Crippen molar-refractivity contribution in [1.29, 1.82) is 5.26 Å². The molecular formula is C11H9ClF2N2O2. The fourth-order valence-corrected chi connectivity index (χ4v) is 1.60. The lowest BCUT2D eigenvalue weighted by atomic mass is 10.0. The molecule has 1 aromatic rings. The molecule has 0 aromatic carbocycles. The summed E-state index contributed by atoms with van der Waals surface area (Å²) >= 11 is 5.51. The van der Waals surface area contributed by atoms with Gasteiger partial charge < -0.3 is 4.74 Å². The van der Waals surface area contributed by atoms with Crippen molar-refractivity contribution in [3.63, 3.8) is 0 Å². The third kappa shape index (κ3) is 3.14. The molecule has 0 unspecified atom stereocenters. The van der Waals surface area contributed by atoms with Gasteiger partial charge >= 0.3 is 5.97 Å². The molecule has 0 atom stereocenters. The smallest absolute Gasteiger partial charge is 0.310 e. The van der Waals surface area contributed by atoms with Gasteiger partial charge in [-0.15, -0.1) is 0 Å². The molecule has 96 valence electrons. The van der Waals surface area contributed by atoms with Crippen LogP contribution in [0.3, 0.4) is 0 Å². The highest BCUT2D eigenvalue weighted by Gasteiger charge is 2.22. The summed E-state index contributed by atoms with van der Waals surface area (Å²) in [5.41, 5.74) is -0.894. The molecule has 1 heterocycles. The van der Waals surface area contributed by atoms with Crippen molar-refractivity contribution in [2.75, 3.05) is 6.61 Å². The van der Waals surface area contributed by atoms with Crippen LogP contribution >= 0.6 is 11.6 Å². The molecule has 7 heteroatoms. The van der Waals surface area contributed by atoms with Crippen molar-refractivity contribution < 1.29 is 18.3 Å². The number of ether oxygens (including phenoxy) is 1. The quantitative estimate of drug-likeness (QED) is 0.625. The van der Waals surface area contributed by atoms with Crippen molar-refractivity contribution in [3.8, 4) is 6.07 Å². The Morgan fingerprint density at radius 1 is 1.67 bits per heavy atom. The summed E-state index contributed by atoms with van der Waals surface area (Å²) in [5, 5.41) is 8.46. The Morgan fingerprint density at radius 2 is 2.33 bits per heavy atom. The summed E-state index contributed by atoms with van der Waals surface area (Å²) in [6, 6.07) is 1.62. The average Bonchev–Trinajstić information content (AvgIpc) is 2.30. The monoisotopic (exact) mass is 274 g/mol. The van der Waals surface area contributed by atoms with Gasteiger partial charge in [0.15, 0.2) is 0 Å². The van der Waals surface area contributed by atoms with E-state index in [9.17, 15) is 13.6 Å². The lowest BCUT2D eigenvalue weighted by Gasteiger charge is -2.09. The highest BCUT2D eigenvalue weighted by atomic mass is 35.5. The molecule has 0 radical (unpaired) electrons. The van der Waals surface area contributed by atoms with Gasteiger partial charge in [0.25, 0.3) is 6.43 Å². The van der Waals surface area contributed by atoms with Gasteiger partial charge in [0.2, 0.25) is 0 Å². The summed E-state index contributed by atoms with van der Waals surface area (Å²) < 4.78 is 30.2. The van der Waals surface area contributed by atoms with E-state index < -0.39 is 23.1 Å². The van der Waals surface area contributed by atoms with Crippen LogP contribution in [0.4, 0.5) is 8.78 Å². The summed E-state index contributed by atoms with van der Waals surface area (Å²) in [4.78, 5) is 14.8. The minimum atomic E-state index is -2.93. The maximum atomic E-state index is 12.7. The minimum Gasteiger partial charge on any atom is -0.466 e. The van der Waals surface area contributed by atoms with E-state index in [1.807, 2.05) is 0 Å². The number of carbonyl (C=O) groups excluding carboxylic acids is 1. The Morgan fingerprint density at radius 3 is 2.83 bits per heavy atom. The molecule has 0 spiro atoms. The SMILES string of the molecule is CCOC(=O)Cc1cnc(Cl)c(C(F)F)c1C#N. The summed E-state index contributed by atoms with van der Waals surface area (Å²) in [5.74, 6) is -0.613. The number of pyridine rings is 1. The molecule has 0 saturated carbocycles. The zero-order chi connectivity index (χ0) is 13.7. The minimum absolute atomic E-state index is 0.0793. The van der Waals surface area contributed by atoms with Gasteiger partial charge in [-0.1, -0.05) is 11.6 Å². The van der Waals surface area contributed by atoms with Crippen molar-refractivity contribution in [2.45, 2.75) is 19.8 Å². The van der Waals surface area contributed by atoms with Crippen LogP contribution in [0.2, 0.25) is 5.15 Å². The van der Waals surface area contributed by atoms with Gasteiger partial charge in [0.1, 0.15) is 11.2 Å². The highest BCUT2D eigenvalue weighted by Crippen LogP contribution is 2.30. The number of nitrogens with zero attached hydrogens (tertiary/aromatic N) is 2. The van der Waals surface area contributed by atoms with Crippen molar-refractivity contribution >= 4 is 17.6 Å². The first-order valence-electron chi connectivity index (χ1n) is 5.02. The van der Waals surface area contributed by atoms with Crippen LogP contribution in [-0.4, -0.2) is 17.6 Å². The maximum absolute atomic E-state index is 12.7. The molecule has 4 nitrogen and oxygen atoms in total. The van der Waals surface area contributed by atoms with Crippen LogP contribution in [0, 0.1) is 11.3 Å². The molecule has 1 aromatic heterocycles. The zero-order valence-corrected chi connectivity index (χ0v) is 10.2. The van der Waals surface area contributed by atoms with Gasteiger partial charge in [-0.3, -0.25) is 4.79 Å². The molecule has 0 fully saturated rings. The largest absolute Gasteiger partial charge is 0.466 e. The zero-order valence-electron chi connectivity index (χ0n) is 9.41. The van der Waals surface area contributed by atoms with Crippen LogP contribution in [0.15, 0.2) is 6.20 Å². The van der Waals surface area contributed by atoms with Gasteiger partial charge in [0, 0.05) is 6.20 Å². The Labute approximate surface area is 107 Å². The van der Waals surface area contributed by atoms with Crippen LogP contribution in [0.25, 0.3) is 0 Å². The van der Waals surface area contributed by atoms with Crippen molar-refractivity contribution in [3.05, 3.63) is 28.0 Å². The molecule has 0 aliphatic heterocycles. The normalized spacial score (nSPS) is 10.2. The van der Waals surface area contributed by atoms with E-state index >= 15 is 0 Å². The van der Waals surface area contributed by atoms with Crippen molar-refractivity contribution in [2.24, 2.45) is 0 Å². The Bertz CT molecular complexity index is 501. The number of nitriles is 1. The van der Waals surface area contributed by atoms with E-state index in [1.165, 1.54) is 0 Å². The predicted molar refractivity (Wildman–Crippen MR) is 59.3 cm³/mol. The van der Waals surface area contributed by atoms with Gasteiger partial charge in [-0.25, -0.2) is 13.8 Å². The molecule has 0 N–H and O–H groups in total. The number of alkyl halides is 2. The van der Waals surface area contributed by atoms with Crippen molar-refractivity contribution in [1.82, 2.24) is 4.98 Å². The number of rotatable bonds is 4. The van der Waals surface area contributed by atoms with E-state index in [1.54, 1.807) is 13.0 Å². The highest BCUT2D eigenvalue weighted by molar-refractivity contribution is 6.30. The average molecular weight is 275 g/mol. The molecule has 0 aliphatic carbocycles. The Balaban J connectivity index is 3.18. The van der Waals surface area contributed by atoms with Gasteiger partial charge in [0.05, 0.1) is 24.2 Å². The molecule has 0 amide bonds. The Kier molecular flexibility index (Phi) is 4.98. The van der Waals surface area contributed by atoms with Crippen LogP contribution in [-0.2, 0) is 16.0 Å². The fourth-order valence-electron chi connectivity index (χ4n) is 1.38. The first-order chi connectivity index (χ1) is 8.51. The van der Waals surface area contributed by atoms with E-state index in [4.69, 9.17) is 16.9 Å². The van der Waals surface area contributed by atoms with E-state index in [0.29, 0.717) is 0 Å². The fraction of sp³-hybridized carbons (Fsp3) is 0.364. The number of halogens is 3. The lowest BCUT2D eigenvalue weighted by Crippen LogP contribution is -2.10. The molecule has 0 bridgehead atoms. The first kappa shape index (κ1) is 14.3. The molecule has 0 aliphatic rings. The summed E-state index contributed by atoms with van der Waals surface area (Å²) in [6.45, 7) is 1.79. The van der Waals surface area contributed by atoms with E-state index in [2.05, 4.69) is 9.72 Å². The second kappa shape index (κ2) is 6.26. The van der Waals surface area contributed by atoms with E-state index in [0.717, 1.165) is 6.20 Å². The molecule has 18 heavy (non-hydrogen) atoms. The van der Waals surface area contributed by atoms with Crippen LogP contribution in [0.1, 0.15) is 30.0 Å². The maximum Gasteiger partial charge on any atom is 0.310 e. The van der Waals surface area contributed by atoms with Gasteiger partial charge in [-0.05, 0) is 12.5 Å². The second-order valence-corrected chi connectivity index (χ2v) is 3.62. The Hall–Kier alpha value is -1.74. The predicted octanol–water partition coefficient (Wildman–Crippen LogP) is 2.65. The number of aromatic nitrogens is 1. The number of carbonyl (C=O) groups is 1. The molecular weight excluding hydrogens is 266 g/mol.